The molecule has 2 rings (SSSR count). The van der Waals surface area contributed by atoms with Crippen LogP contribution in [-0.2, 0) is 0 Å². The molecule has 1 heterocycles. The van der Waals surface area contributed by atoms with Crippen LogP contribution in [0.3, 0.4) is 0 Å². The molecule has 2 N–H and O–H groups in total. The van der Waals surface area contributed by atoms with Gasteiger partial charge in [-0.2, -0.15) is 0 Å². The van der Waals surface area contributed by atoms with E-state index in [0.717, 1.165) is 18.5 Å². The monoisotopic (exact) mass is 238 g/mol. The smallest absolute Gasteiger partial charge is 0.253 e. The average Bonchev–Trinajstić information content (AvgIpc) is 2.68. The summed E-state index contributed by atoms with van der Waals surface area (Å²) in [7, 11) is 0. The second-order valence-corrected chi connectivity index (χ2v) is 4.67. The minimum atomic E-state index is 0.0488. The molecule has 0 spiro atoms. The Labute approximate surface area is 100 Å². The Hall–Kier alpha value is -1.06. The van der Waals surface area contributed by atoms with Crippen molar-refractivity contribution in [3.63, 3.8) is 0 Å². The zero-order chi connectivity index (χ0) is 11.7. The van der Waals surface area contributed by atoms with Gasteiger partial charge in [0, 0.05) is 29.7 Å². The molecule has 1 aliphatic rings. The summed E-state index contributed by atoms with van der Waals surface area (Å²) in [5.74, 6) is 0.0488. The average molecular weight is 239 g/mol. The van der Waals surface area contributed by atoms with Gasteiger partial charge in [0.2, 0.25) is 0 Å². The van der Waals surface area contributed by atoms with Crippen LogP contribution in [0.15, 0.2) is 18.2 Å². The highest BCUT2D eigenvalue weighted by Gasteiger charge is 2.24. The third kappa shape index (κ3) is 2.20. The molecule has 0 bridgehead atoms. The van der Waals surface area contributed by atoms with Crippen molar-refractivity contribution < 1.29 is 4.79 Å². The first-order chi connectivity index (χ1) is 7.58. The first kappa shape index (κ1) is 11.4. The summed E-state index contributed by atoms with van der Waals surface area (Å²) in [4.78, 5) is 13.9. The van der Waals surface area contributed by atoms with Crippen LogP contribution < -0.4 is 5.73 Å². The van der Waals surface area contributed by atoms with Crippen molar-refractivity contribution in [3.05, 3.63) is 34.3 Å². The highest BCUT2D eigenvalue weighted by Crippen LogP contribution is 2.19. The van der Waals surface area contributed by atoms with Gasteiger partial charge in [0.1, 0.15) is 0 Å². The van der Waals surface area contributed by atoms with Crippen molar-refractivity contribution >= 4 is 17.5 Å². The molecule has 0 aromatic heterocycles. The van der Waals surface area contributed by atoms with Crippen LogP contribution in [0.25, 0.3) is 0 Å². The lowest BCUT2D eigenvalue weighted by molar-refractivity contribution is 0.0791. The standard InChI is InChI=1S/C12H15ClN2O/c1-8-6-9(2-3-11(8)13)12(16)15-5-4-10(14)7-15/h2-3,6,10H,4-5,7,14H2,1H3/t10-/m1/s1. The molecular weight excluding hydrogens is 224 g/mol. The van der Waals surface area contributed by atoms with Gasteiger partial charge in [-0.05, 0) is 37.1 Å². The largest absolute Gasteiger partial charge is 0.337 e. The third-order valence-corrected chi connectivity index (χ3v) is 3.34. The second kappa shape index (κ2) is 4.44. The van der Waals surface area contributed by atoms with Crippen LogP contribution in [0.2, 0.25) is 5.02 Å². The van der Waals surface area contributed by atoms with Gasteiger partial charge in [-0.15, -0.1) is 0 Å². The number of amides is 1. The summed E-state index contributed by atoms with van der Waals surface area (Å²) >= 11 is 5.92. The molecule has 1 atom stereocenters. The lowest BCUT2D eigenvalue weighted by Crippen LogP contribution is -2.31. The lowest BCUT2D eigenvalue weighted by Gasteiger charge is -2.16. The Balaban J connectivity index is 2.18. The Morgan fingerprint density at radius 1 is 1.56 bits per heavy atom. The second-order valence-electron chi connectivity index (χ2n) is 4.26. The molecule has 1 aromatic rings. The highest BCUT2D eigenvalue weighted by molar-refractivity contribution is 6.31. The van der Waals surface area contributed by atoms with Crippen molar-refractivity contribution in [1.29, 1.82) is 0 Å². The number of benzene rings is 1. The van der Waals surface area contributed by atoms with Crippen LogP contribution in [0.4, 0.5) is 0 Å². The van der Waals surface area contributed by atoms with Crippen molar-refractivity contribution in [2.45, 2.75) is 19.4 Å². The summed E-state index contributed by atoms with van der Waals surface area (Å²) in [6, 6.07) is 5.48. The molecule has 0 saturated carbocycles. The lowest BCUT2D eigenvalue weighted by atomic mass is 10.1. The fourth-order valence-electron chi connectivity index (χ4n) is 1.93. The molecule has 1 aliphatic heterocycles. The zero-order valence-electron chi connectivity index (χ0n) is 9.24. The molecule has 1 amide bonds. The topological polar surface area (TPSA) is 46.3 Å². The summed E-state index contributed by atoms with van der Waals surface area (Å²) in [6.07, 6.45) is 0.887. The molecular formula is C12H15ClN2O. The maximum Gasteiger partial charge on any atom is 0.253 e. The minimum absolute atomic E-state index is 0.0488. The van der Waals surface area contributed by atoms with Crippen LogP contribution >= 0.6 is 11.6 Å². The quantitative estimate of drug-likeness (QED) is 0.811. The Kier molecular flexibility index (Phi) is 3.17. The van der Waals surface area contributed by atoms with Crippen molar-refractivity contribution in [2.24, 2.45) is 5.73 Å². The number of likely N-dealkylation sites (tertiary alicyclic amines) is 1. The fourth-order valence-corrected chi connectivity index (χ4v) is 2.05. The first-order valence-electron chi connectivity index (χ1n) is 5.39. The van der Waals surface area contributed by atoms with E-state index in [2.05, 4.69) is 0 Å². The Bertz CT molecular complexity index is 419. The fraction of sp³-hybridized carbons (Fsp3) is 0.417. The molecule has 0 aliphatic carbocycles. The van der Waals surface area contributed by atoms with E-state index in [1.54, 1.807) is 17.0 Å². The molecule has 0 unspecified atom stereocenters. The molecule has 1 saturated heterocycles. The molecule has 1 aromatic carbocycles. The number of carbonyl (C=O) groups excluding carboxylic acids is 1. The van der Waals surface area contributed by atoms with Crippen molar-refractivity contribution in [1.82, 2.24) is 4.90 Å². The number of carbonyl (C=O) groups is 1. The van der Waals surface area contributed by atoms with Gasteiger partial charge < -0.3 is 10.6 Å². The zero-order valence-corrected chi connectivity index (χ0v) is 10.00. The van der Waals surface area contributed by atoms with Crippen molar-refractivity contribution in [2.75, 3.05) is 13.1 Å². The van der Waals surface area contributed by atoms with Crippen LogP contribution in [0.1, 0.15) is 22.3 Å². The molecule has 86 valence electrons. The summed E-state index contributed by atoms with van der Waals surface area (Å²) in [6.45, 7) is 3.30. The van der Waals surface area contributed by atoms with Gasteiger partial charge in [-0.1, -0.05) is 11.6 Å². The van der Waals surface area contributed by atoms with E-state index in [-0.39, 0.29) is 11.9 Å². The predicted octanol–water partition coefficient (Wildman–Crippen LogP) is 1.82. The van der Waals surface area contributed by atoms with E-state index in [0.29, 0.717) is 17.1 Å². The first-order valence-corrected chi connectivity index (χ1v) is 5.76. The number of hydrogen-bond donors (Lipinski definition) is 1. The number of nitrogens with two attached hydrogens (primary N) is 1. The summed E-state index contributed by atoms with van der Waals surface area (Å²) < 4.78 is 0. The van der Waals surface area contributed by atoms with Gasteiger partial charge in [0.15, 0.2) is 0 Å². The van der Waals surface area contributed by atoms with Crippen LogP contribution in [0, 0.1) is 6.92 Å². The Morgan fingerprint density at radius 3 is 2.88 bits per heavy atom. The number of halogens is 1. The maximum atomic E-state index is 12.1. The summed E-state index contributed by atoms with van der Waals surface area (Å²) in [5, 5.41) is 0.690. The molecule has 16 heavy (non-hydrogen) atoms. The van der Waals surface area contributed by atoms with E-state index < -0.39 is 0 Å². The van der Waals surface area contributed by atoms with E-state index >= 15 is 0 Å². The third-order valence-electron chi connectivity index (χ3n) is 2.92. The van der Waals surface area contributed by atoms with E-state index in [1.807, 2.05) is 13.0 Å². The number of rotatable bonds is 1. The molecule has 1 fully saturated rings. The Morgan fingerprint density at radius 2 is 2.31 bits per heavy atom. The van der Waals surface area contributed by atoms with Crippen molar-refractivity contribution in [3.8, 4) is 0 Å². The SMILES string of the molecule is Cc1cc(C(=O)N2CC[C@@H](N)C2)ccc1Cl. The highest BCUT2D eigenvalue weighted by atomic mass is 35.5. The maximum absolute atomic E-state index is 12.1. The molecule has 4 heteroatoms. The van der Waals surface area contributed by atoms with Gasteiger partial charge in [-0.25, -0.2) is 0 Å². The van der Waals surface area contributed by atoms with Gasteiger partial charge >= 0.3 is 0 Å². The minimum Gasteiger partial charge on any atom is -0.337 e. The van der Waals surface area contributed by atoms with Gasteiger partial charge in [0.05, 0.1) is 0 Å². The van der Waals surface area contributed by atoms with Gasteiger partial charge in [-0.3, -0.25) is 4.79 Å². The van der Waals surface area contributed by atoms with E-state index in [4.69, 9.17) is 17.3 Å². The van der Waals surface area contributed by atoms with E-state index in [1.165, 1.54) is 0 Å². The molecule has 3 nitrogen and oxygen atoms in total. The number of hydrogen-bond acceptors (Lipinski definition) is 2. The summed E-state index contributed by atoms with van der Waals surface area (Å²) in [5.41, 5.74) is 7.40. The number of aryl methyl sites for hydroxylation is 1. The van der Waals surface area contributed by atoms with Crippen LogP contribution in [0.5, 0.6) is 0 Å². The molecule has 0 radical (unpaired) electrons. The van der Waals surface area contributed by atoms with Gasteiger partial charge in [0.25, 0.3) is 5.91 Å². The predicted molar refractivity (Wildman–Crippen MR) is 64.7 cm³/mol. The van der Waals surface area contributed by atoms with E-state index in [9.17, 15) is 4.79 Å². The number of nitrogens with zero attached hydrogens (tertiary/aromatic N) is 1. The normalized spacial score (nSPS) is 20.2. The van der Waals surface area contributed by atoms with Crippen LogP contribution in [-0.4, -0.2) is 29.9 Å².